The van der Waals surface area contributed by atoms with Gasteiger partial charge in [-0.05, 0) is 44.2 Å². The Kier molecular flexibility index (Phi) is 4.89. The average Bonchev–Trinajstić information content (AvgIpc) is 3.30. The Morgan fingerprint density at radius 2 is 2.00 bits per heavy atom. The zero-order chi connectivity index (χ0) is 18.8. The fourth-order valence-electron chi connectivity index (χ4n) is 3.56. The molecule has 0 N–H and O–H groups in total. The fraction of sp³-hybridized carbons (Fsp3) is 0.474. The van der Waals surface area contributed by atoms with E-state index in [9.17, 15) is 0 Å². The van der Waals surface area contributed by atoms with Gasteiger partial charge in [0.05, 0.1) is 6.54 Å². The number of aromatic nitrogens is 5. The summed E-state index contributed by atoms with van der Waals surface area (Å²) in [6, 6.07) is 9.86. The molecular formula is C19H25N7O. The van der Waals surface area contributed by atoms with Gasteiger partial charge in [-0.1, -0.05) is 18.2 Å². The maximum absolute atomic E-state index is 5.47. The van der Waals surface area contributed by atoms with E-state index in [2.05, 4.69) is 41.8 Å². The van der Waals surface area contributed by atoms with Crippen LogP contribution in [0.15, 0.2) is 34.9 Å². The van der Waals surface area contributed by atoms with Crippen molar-refractivity contribution in [3.05, 3.63) is 42.0 Å². The molecule has 1 atom stereocenters. The lowest BCUT2D eigenvalue weighted by Gasteiger charge is -2.31. The molecule has 1 aliphatic rings. The fourth-order valence-corrected chi connectivity index (χ4v) is 3.56. The Labute approximate surface area is 158 Å². The van der Waals surface area contributed by atoms with Gasteiger partial charge < -0.3 is 18.9 Å². The highest BCUT2D eigenvalue weighted by molar-refractivity contribution is 5.54. The van der Waals surface area contributed by atoms with Crippen LogP contribution in [0.4, 0.5) is 5.95 Å². The first-order chi connectivity index (χ1) is 13.1. The van der Waals surface area contributed by atoms with Gasteiger partial charge in [0.15, 0.2) is 0 Å². The molecule has 0 bridgehead atoms. The third-order valence-electron chi connectivity index (χ3n) is 4.96. The summed E-state index contributed by atoms with van der Waals surface area (Å²) in [5.74, 6) is 3.53. The van der Waals surface area contributed by atoms with Crippen molar-refractivity contribution in [2.45, 2.75) is 25.3 Å². The highest BCUT2D eigenvalue weighted by Gasteiger charge is 2.28. The van der Waals surface area contributed by atoms with E-state index in [4.69, 9.17) is 4.52 Å². The van der Waals surface area contributed by atoms with E-state index >= 15 is 0 Å². The van der Waals surface area contributed by atoms with Gasteiger partial charge in [0, 0.05) is 31.6 Å². The summed E-state index contributed by atoms with van der Waals surface area (Å²) in [4.78, 5) is 8.89. The van der Waals surface area contributed by atoms with Gasteiger partial charge in [0.1, 0.15) is 11.6 Å². The lowest BCUT2D eigenvalue weighted by atomic mass is 9.97. The van der Waals surface area contributed by atoms with Crippen molar-refractivity contribution in [1.29, 1.82) is 0 Å². The molecule has 3 aromatic rings. The third-order valence-corrected chi connectivity index (χ3v) is 4.96. The number of rotatable bonds is 5. The molecule has 0 saturated carbocycles. The minimum absolute atomic E-state index is 0.311. The SMILES string of the molecule is CN(C)Cc1nnc(C2CCCN(c3noc(-c4ccccc4)n3)C2)n1C. The van der Waals surface area contributed by atoms with E-state index in [1.807, 2.05) is 44.4 Å². The van der Waals surface area contributed by atoms with Crippen LogP contribution in [0.3, 0.4) is 0 Å². The smallest absolute Gasteiger partial charge is 0.266 e. The van der Waals surface area contributed by atoms with Crippen LogP contribution >= 0.6 is 0 Å². The number of hydrogen-bond donors (Lipinski definition) is 0. The Balaban J connectivity index is 1.51. The number of benzene rings is 1. The first kappa shape index (κ1) is 17.7. The summed E-state index contributed by atoms with van der Waals surface area (Å²) in [6.45, 7) is 2.53. The van der Waals surface area contributed by atoms with Crippen LogP contribution in [0.1, 0.15) is 30.4 Å². The summed E-state index contributed by atoms with van der Waals surface area (Å²) < 4.78 is 7.60. The normalized spacial score (nSPS) is 17.6. The van der Waals surface area contributed by atoms with E-state index in [1.54, 1.807) is 0 Å². The van der Waals surface area contributed by atoms with E-state index in [0.29, 0.717) is 17.8 Å². The molecule has 4 rings (SSSR count). The molecule has 3 heterocycles. The summed E-state index contributed by atoms with van der Waals surface area (Å²) in [6.07, 6.45) is 2.16. The van der Waals surface area contributed by atoms with Crippen LogP contribution in [0.5, 0.6) is 0 Å². The van der Waals surface area contributed by atoms with Crippen molar-refractivity contribution >= 4 is 5.95 Å². The van der Waals surface area contributed by atoms with Crippen molar-refractivity contribution in [3.63, 3.8) is 0 Å². The molecule has 0 aliphatic carbocycles. The number of nitrogens with zero attached hydrogens (tertiary/aromatic N) is 7. The van der Waals surface area contributed by atoms with Crippen LogP contribution < -0.4 is 4.90 Å². The highest BCUT2D eigenvalue weighted by atomic mass is 16.5. The lowest BCUT2D eigenvalue weighted by Crippen LogP contribution is -2.36. The number of piperidine rings is 1. The van der Waals surface area contributed by atoms with Gasteiger partial charge in [0.2, 0.25) is 0 Å². The first-order valence-corrected chi connectivity index (χ1v) is 9.29. The van der Waals surface area contributed by atoms with E-state index < -0.39 is 0 Å². The number of anilines is 1. The number of hydrogen-bond acceptors (Lipinski definition) is 7. The molecular weight excluding hydrogens is 342 g/mol. The molecule has 2 aromatic heterocycles. The molecule has 1 aromatic carbocycles. The van der Waals surface area contributed by atoms with Crippen LogP contribution in [-0.2, 0) is 13.6 Å². The van der Waals surface area contributed by atoms with Crippen LogP contribution in [-0.4, -0.2) is 57.0 Å². The largest absolute Gasteiger partial charge is 0.337 e. The van der Waals surface area contributed by atoms with Crippen molar-refractivity contribution < 1.29 is 4.52 Å². The highest BCUT2D eigenvalue weighted by Crippen LogP contribution is 2.29. The minimum atomic E-state index is 0.311. The first-order valence-electron chi connectivity index (χ1n) is 9.29. The van der Waals surface area contributed by atoms with Crippen molar-refractivity contribution in [1.82, 2.24) is 29.8 Å². The van der Waals surface area contributed by atoms with E-state index in [1.165, 1.54) is 0 Å². The minimum Gasteiger partial charge on any atom is -0.337 e. The Morgan fingerprint density at radius 1 is 1.19 bits per heavy atom. The van der Waals surface area contributed by atoms with Gasteiger partial charge in [-0.3, -0.25) is 0 Å². The maximum atomic E-state index is 5.47. The molecule has 8 nitrogen and oxygen atoms in total. The molecule has 0 radical (unpaired) electrons. The Morgan fingerprint density at radius 3 is 2.78 bits per heavy atom. The molecule has 1 fully saturated rings. The summed E-state index contributed by atoms with van der Waals surface area (Å²) >= 11 is 0. The van der Waals surface area contributed by atoms with Gasteiger partial charge in [-0.15, -0.1) is 10.2 Å². The Bertz CT molecular complexity index is 887. The predicted molar refractivity (Wildman–Crippen MR) is 102 cm³/mol. The van der Waals surface area contributed by atoms with Gasteiger partial charge in [-0.25, -0.2) is 0 Å². The lowest BCUT2D eigenvalue weighted by molar-refractivity contribution is 0.381. The summed E-state index contributed by atoms with van der Waals surface area (Å²) in [5, 5.41) is 13.0. The van der Waals surface area contributed by atoms with Crippen LogP contribution in [0, 0.1) is 0 Å². The van der Waals surface area contributed by atoms with Crippen molar-refractivity contribution in [2.24, 2.45) is 7.05 Å². The zero-order valence-electron chi connectivity index (χ0n) is 16.0. The summed E-state index contributed by atoms with van der Waals surface area (Å²) in [7, 11) is 6.13. The maximum Gasteiger partial charge on any atom is 0.266 e. The molecule has 1 unspecified atom stereocenters. The van der Waals surface area contributed by atoms with Crippen LogP contribution in [0.2, 0.25) is 0 Å². The van der Waals surface area contributed by atoms with Crippen LogP contribution in [0.25, 0.3) is 11.5 Å². The average molecular weight is 367 g/mol. The molecule has 0 amide bonds. The van der Waals surface area contributed by atoms with Gasteiger partial charge in [-0.2, -0.15) is 4.98 Å². The standard InChI is InChI=1S/C19H25N7O/c1-24(2)13-16-21-22-17(25(16)3)15-10-7-11-26(12-15)19-20-18(27-23-19)14-8-5-4-6-9-14/h4-6,8-9,15H,7,10-13H2,1-3H3. The molecule has 1 saturated heterocycles. The molecule has 27 heavy (non-hydrogen) atoms. The molecule has 8 heteroatoms. The van der Waals surface area contributed by atoms with Gasteiger partial charge >= 0.3 is 0 Å². The monoisotopic (exact) mass is 367 g/mol. The van der Waals surface area contributed by atoms with E-state index in [-0.39, 0.29) is 0 Å². The molecule has 0 spiro atoms. The molecule has 1 aliphatic heterocycles. The second-order valence-electron chi connectivity index (χ2n) is 7.32. The van der Waals surface area contributed by atoms with Crippen molar-refractivity contribution in [2.75, 3.05) is 32.1 Å². The molecule has 142 valence electrons. The van der Waals surface area contributed by atoms with E-state index in [0.717, 1.165) is 49.7 Å². The Hall–Kier alpha value is -2.74. The topological polar surface area (TPSA) is 76.1 Å². The zero-order valence-corrected chi connectivity index (χ0v) is 16.0. The summed E-state index contributed by atoms with van der Waals surface area (Å²) in [5.41, 5.74) is 0.937. The second-order valence-corrected chi connectivity index (χ2v) is 7.32. The quantitative estimate of drug-likeness (QED) is 0.685. The van der Waals surface area contributed by atoms with Gasteiger partial charge in [0.25, 0.3) is 11.8 Å². The third kappa shape index (κ3) is 3.71. The van der Waals surface area contributed by atoms with Crippen molar-refractivity contribution in [3.8, 4) is 11.5 Å². The predicted octanol–water partition coefficient (Wildman–Crippen LogP) is 2.31. The second kappa shape index (κ2) is 7.48.